The molecule has 0 spiro atoms. The summed E-state index contributed by atoms with van der Waals surface area (Å²) in [7, 11) is 0. The second-order valence-corrected chi connectivity index (χ2v) is 3.38. The van der Waals surface area contributed by atoms with Gasteiger partial charge in [0, 0.05) is 13.1 Å². The van der Waals surface area contributed by atoms with Gasteiger partial charge >= 0.3 is 0 Å². The molecule has 4 heteroatoms. The summed E-state index contributed by atoms with van der Waals surface area (Å²) in [5, 5.41) is 27.8. The van der Waals surface area contributed by atoms with Gasteiger partial charge in [-0.25, -0.2) is 0 Å². The number of hydrogen-bond donors (Lipinski definition) is 3. The van der Waals surface area contributed by atoms with Crippen LogP contribution in [0.5, 0.6) is 0 Å². The average molecular weight is 175 g/mol. The fourth-order valence-electron chi connectivity index (χ4n) is 1.57. The molecule has 1 fully saturated rings. The summed E-state index contributed by atoms with van der Waals surface area (Å²) in [5.41, 5.74) is 0. The predicted molar refractivity (Wildman–Crippen MR) is 44.8 cm³/mol. The monoisotopic (exact) mass is 175 g/mol. The van der Waals surface area contributed by atoms with Crippen LogP contribution in [0.4, 0.5) is 0 Å². The lowest BCUT2D eigenvalue weighted by Crippen LogP contribution is -2.55. The van der Waals surface area contributed by atoms with Crippen LogP contribution in [0.2, 0.25) is 0 Å². The fourth-order valence-corrected chi connectivity index (χ4v) is 1.57. The van der Waals surface area contributed by atoms with Crippen LogP contribution in [0.25, 0.3) is 0 Å². The first-order valence-electron chi connectivity index (χ1n) is 4.41. The van der Waals surface area contributed by atoms with E-state index in [1.165, 1.54) is 0 Å². The molecular formula is C8H17NO3. The molecule has 0 aliphatic carbocycles. The summed E-state index contributed by atoms with van der Waals surface area (Å²) < 4.78 is 0. The van der Waals surface area contributed by atoms with Gasteiger partial charge in [-0.05, 0) is 13.0 Å². The zero-order valence-electron chi connectivity index (χ0n) is 7.35. The lowest BCUT2D eigenvalue weighted by Gasteiger charge is -2.36. The molecule has 1 saturated heterocycles. The summed E-state index contributed by atoms with van der Waals surface area (Å²) in [4.78, 5) is 1.96. The summed E-state index contributed by atoms with van der Waals surface area (Å²) in [5.74, 6) is 0. The largest absolute Gasteiger partial charge is 0.389 e. The standard InChI is InChI=1S/C8H17NO3/c1-2-3-9-4-6(10)8(12)7(11)5-9/h6-8,10-12H,2-5H2,1H3/t6-,7-/m0/s1. The smallest absolute Gasteiger partial charge is 0.108 e. The number of nitrogens with zero attached hydrogens (tertiary/aromatic N) is 1. The molecule has 0 radical (unpaired) electrons. The van der Waals surface area contributed by atoms with E-state index in [0.29, 0.717) is 13.1 Å². The molecule has 0 unspecified atom stereocenters. The minimum atomic E-state index is -0.974. The SMILES string of the molecule is CCCN1C[C@H](O)C(O)[C@@H](O)C1. The van der Waals surface area contributed by atoms with E-state index in [-0.39, 0.29) is 0 Å². The Kier molecular flexibility index (Phi) is 3.46. The molecule has 0 bridgehead atoms. The summed E-state index contributed by atoms with van der Waals surface area (Å²) in [6.45, 7) is 3.84. The number of β-amino-alcohol motifs (C(OH)–C–C–N with tert-alkyl or cyclic N) is 2. The van der Waals surface area contributed by atoms with Gasteiger partial charge in [-0.15, -0.1) is 0 Å². The first-order valence-corrected chi connectivity index (χ1v) is 4.41. The van der Waals surface area contributed by atoms with Crippen molar-refractivity contribution in [2.75, 3.05) is 19.6 Å². The van der Waals surface area contributed by atoms with Gasteiger partial charge in [0.15, 0.2) is 0 Å². The van der Waals surface area contributed by atoms with Crippen molar-refractivity contribution in [3.8, 4) is 0 Å². The Morgan fingerprint density at radius 2 is 1.67 bits per heavy atom. The maximum atomic E-state index is 9.29. The quantitative estimate of drug-likeness (QED) is 0.493. The number of likely N-dealkylation sites (tertiary alicyclic amines) is 1. The molecule has 0 saturated carbocycles. The molecule has 1 aliphatic rings. The van der Waals surface area contributed by atoms with E-state index in [2.05, 4.69) is 0 Å². The van der Waals surface area contributed by atoms with Crippen LogP contribution in [0.15, 0.2) is 0 Å². The molecular weight excluding hydrogens is 158 g/mol. The van der Waals surface area contributed by atoms with Gasteiger partial charge in [0.05, 0.1) is 12.2 Å². The molecule has 0 aromatic rings. The van der Waals surface area contributed by atoms with Crippen molar-refractivity contribution >= 4 is 0 Å². The highest BCUT2D eigenvalue weighted by Crippen LogP contribution is 2.11. The highest BCUT2D eigenvalue weighted by molar-refractivity contribution is 4.85. The highest BCUT2D eigenvalue weighted by Gasteiger charge is 2.32. The van der Waals surface area contributed by atoms with Gasteiger partial charge in [0.2, 0.25) is 0 Å². The molecule has 72 valence electrons. The Hall–Kier alpha value is -0.160. The van der Waals surface area contributed by atoms with Gasteiger partial charge in [0.25, 0.3) is 0 Å². The van der Waals surface area contributed by atoms with Gasteiger partial charge in [-0.2, -0.15) is 0 Å². The minimum Gasteiger partial charge on any atom is -0.389 e. The van der Waals surface area contributed by atoms with Crippen molar-refractivity contribution in [3.63, 3.8) is 0 Å². The molecule has 1 aliphatic heterocycles. The Labute approximate surface area is 72.4 Å². The van der Waals surface area contributed by atoms with Gasteiger partial charge in [-0.1, -0.05) is 6.92 Å². The lowest BCUT2D eigenvalue weighted by molar-refractivity contribution is -0.109. The third-order valence-electron chi connectivity index (χ3n) is 2.22. The van der Waals surface area contributed by atoms with E-state index in [9.17, 15) is 15.3 Å². The van der Waals surface area contributed by atoms with E-state index >= 15 is 0 Å². The van der Waals surface area contributed by atoms with Crippen LogP contribution < -0.4 is 0 Å². The molecule has 3 N–H and O–H groups in total. The van der Waals surface area contributed by atoms with E-state index in [4.69, 9.17) is 0 Å². The number of hydrogen-bond acceptors (Lipinski definition) is 4. The number of piperidine rings is 1. The zero-order valence-corrected chi connectivity index (χ0v) is 7.35. The molecule has 4 nitrogen and oxygen atoms in total. The Balaban J connectivity index is 2.42. The molecule has 0 aromatic heterocycles. The topological polar surface area (TPSA) is 63.9 Å². The van der Waals surface area contributed by atoms with Crippen LogP contribution in [0.1, 0.15) is 13.3 Å². The van der Waals surface area contributed by atoms with E-state index in [1.807, 2.05) is 11.8 Å². The molecule has 0 amide bonds. The first-order chi connectivity index (χ1) is 5.65. The summed E-state index contributed by atoms with van der Waals surface area (Å²) >= 11 is 0. The maximum Gasteiger partial charge on any atom is 0.108 e. The normalized spacial score (nSPS) is 34.0. The van der Waals surface area contributed by atoms with Crippen molar-refractivity contribution in [1.29, 1.82) is 0 Å². The second kappa shape index (κ2) is 4.18. The summed E-state index contributed by atoms with van der Waals surface area (Å²) in [6, 6.07) is 0. The lowest BCUT2D eigenvalue weighted by atomic mass is 10.0. The average Bonchev–Trinajstić information content (AvgIpc) is 2.01. The van der Waals surface area contributed by atoms with Gasteiger partial charge in [-0.3, -0.25) is 4.90 Å². The van der Waals surface area contributed by atoms with Gasteiger partial charge in [0.1, 0.15) is 6.10 Å². The Bertz CT molecular complexity index is 130. The van der Waals surface area contributed by atoms with E-state index < -0.39 is 18.3 Å². The number of aliphatic hydroxyl groups excluding tert-OH is 3. The third kappa shape index (κ3) is 2.17. The third-order valence-corrected chi connectivity index (χ3v) is 2.22. The van der Waals surface area contributed by atoms with Crippen LogP contribution >= 0.6 is 0 Å². The predicted octanol–water partition coefficient (Wildman–Crippen LogP) is -1.21. The molecule has 2 atom stereocenters. The molecule has 1 heterocycles. The fraction of sp³-hybridized carbons (Fsp3) is 1.00. The molecule has 12 heavy (non-hydrogen) atoms. The van der Waals surface area contributed by atoms with Crippen LogP contribution in [0, 0.1) is 0 Å². The highest BCUT2D eigenvalue weighted by atomic mass is 16.4. The molecule has 1 rings (SSSR count). The van der Waals surface area contributed by atoms with Crippen molar-refractivity contribution in [2.45, 2.75) is 31.7 Å². The van der Waals surface area contributed by atoms with Crippen molar-refractivity contribution < 1.29 is 15.3 Å². The summed E-state index contributed by atoms with van der Waals surface area (Å²) in [6.07, 6.45) is -1.59. The zero-order chi connectivity index (χ0) is 9.14. The van der Waals surface area contributed by atoms with Crippen LogP contribution in [0.3, 0.4) is 0 Å². The van der Waals surface area contributed by atoms with E-state index in [0.717, 1.165) is 13.0 Å². The maximum absolute atomic E-state index is 9.29. The molecule has 0 aromatic carbocycles. The first kappa shape index (κ1) is 9.92. The number of rotatable bonds is 2. The Morgan fingerprint density at radius 1 is 1.17 bits per heavy atom. The Morgan fingerprint density at radius 3 is 2.08 bits per heavy atom. The van der Waals surface area contributed by atoms with Gasteiger partial charge < -0.3 is 15.3 Å². The minimum absolute atomic E-state index is 0.464. The van der Waals surface area contributed by atoms with E-state index in [1.54, 1.807) is 0 Å². The van der Waals surface area contributed by atoms with Crippen molar-refractivity contribution in [1.82, 2.24) is 4.90 Å². The van der Waals surface area contributed by atoms with Crippen LogP contribution in [-0.4, -0.2) is 58.2 Å². The van der Waals surface area contributed by atoms with Crippen molar-refractivity contribution in [3.05, 3.63) is 0 Å². The number of aliphatic hydroxyl groups is 3. The van der Waals surface area contributed by atoms with Crippen LogP contribution in [-0.2, 0) is 0 Å². The second-order valence-electron chi connectivity index (χ2n) is 3.38. The van der Waals surface area contributed by atoms with Crippen molar-refractivity contribution in [2.24, 2.45) is 0 Å².